The number of hydrogen-bond acceptors (Lipinski definition) is 4. The summed E-state index contributed by atoms with van der Waals surface area (Å²) >= 11 is 0. The summed E-state index contributed by atoms with van der Waals surface area (Å²) < 4.78 is 79.5. The van der Waals surface area contributed by atoms with Crippen molar-refractivity contribution in [2.45, 2.75) is 18.9 Å². The zero-order valence-electron chi connectivity index (χ0n) is 16.4. The molecule has 0 aliphatic carbocycles. The first-order chi connectivity index (χ1) is 15.5. The SMILES string of the molecule is O=C(NCc1cc(C(F)(F)F)cc(C(F)(F)F)c1)c1ncnn1-c1cncc2ccccc12. The molecule has 0 bridgehead atoms. The number of alkyl halides is 6. The van der Waals surface area contributed by atoms with Gasteiger partial charge in [-0.1, -0.05) is 24.3 Å². The number of benzene rings is 2. The summed E-state index contributed by atoms with van der Waals surface area (Å²) in [6.45, 7) is -0.591. The molecule has 1 amide bonds. The summed E-state index contributed by atoms with van der Waals surface area (Å²) in [5.74, 6) is -1.05. The number of hydrogen-bond donors (Lipinski definition) is 1. The number of aromatic nitrogens is 4. The minimum Gasteiger partial charge on any atom is -0.345 e. The summed E-state index contributed by atoms with van der Waals surface area (Å²) in [5.41, 5.74) is -2.88. The first-order valence-corrected chi connectivity index (χ1v) is 9.34. The molecule has 170 valence electrons. The third-order valence-electron chi connectivity index (χ3n) is 4.73. The maximum Gasteiger partial charge on any atom is 0.416 e. The standard InChI is InChI=1S/C21H13F6N5O/c22-20(23,24)14-5-12(6-15(7-14)21(25,26)27)8-29-19(33)18-30-11-31-32(18)17-10-28-9-13-3-1-2-4-16(13)17/h1-7,9-11H,8H2,(H,29,33). The molecule has 0 aliphatic rings. The number of carbonyl (C=O) groups is 1. The van der Waals surface area contributed by atoms with Gasteiger partial charge in [-0.05, 0) is 23.8 Å². The van der Waals surface area contributed by atoms with Gasteiger partial charge in [-0.2, -0.15) is 31.4 Å². The molecule has 2 aromatic carbocycles. The van der Waals surface area contributed by atoms with E-state index in [9.17, 15) is 31.1 Å². The van der Waals surface area contributed by atoms with Crippen LogP contribution in [0.3, 0.4) is 0 Å². The molecule has 4 aromatic rings. The van der Waals surface area contributed by atoms with Crippen LogP contribution in [0.4, 0.5) is 26.3 Å². The van der Waals surface area contributed by atoms with Gasteiger partial charge in [0, 0.05) is 23.5 Å². The number of amides is 1. The molecular formula is C21H13F6N5O. The smallest absolute Gasteiger partial charge is 0.345 e. The maximum atomic E-state index is 13.0. The van der Waals surface area contributed by atoms with Gasteiger partial charge in [0.25, 0.3) is 5.91 Å². The minimum absolute atomic E-state index is 0.0233. The van der Waals surface area contributed by atoms with Crippen LogP contribution >= 0.6 is 0 Å². The molecule has 2 heterocycles. The lowest BCUT2D eigenvalue weighted by atomic mass is 10.0. The van der Waals surface area contributed by atoms with E-state index >= 15 is 0 Å². The Morgan fingerprint density at radius 1 is 0.939 bits per heavy atom. The van der Waals surface area contributed by atoms with Crippen LogP contribution in [-0.4, -0.2) is 25.7 Å². The van der Waals surface area contributed by atoms with Gasteiger partial charge in [0.1, 0.15) is 6.33 Å². The molecular weight excluding hydrogens is 452 g/mol. The Kier molecular flexibility index (Phi) is 5.52. The van der Waals surface area contributed by atoms with E-state index in [0.717, 1.165) is 11.7 Å². The average Bonchev–Trinajstić information content (AvgIpc) is 3.25. The van der Waals surface area contributed by atoms with Gasteiger partial charge in [-0.3, -0.25) is 9.78 Å². The van der Waals surface area contributed by atoms with Crippen molar-refractivity contribution in [1.29, 1.82) is 0 Å². The van der Waals surface area contributed by atoms with Crippen molar-refractivity contribution in [3.05, 3.63) is 83.7 Å². The zero-order valence-corrected chi connectivity index (χ0v) is 16.4. The van der Waals surface area contributed by atoms with Gasteiger partial charge in [0.2, 0.25) is 5.82 Å². The average molecular weight is 465 g/mol. The highest BCUT2D eigenvalue weighted by Gasteiger charge is 2.36. The van der Waals surface area contributed by atoms with Gasteiger partial charge >= 0.3 is 12.4 Å². The molecule has 6 nitrogen and oxygen atoms in total. The van der Waals surface area contributed by atoms with Crippen molar-refractivity contribution in [2.75, 3.05) is 0 Å². The molecule has 0 unspecified atom stereocenters. The Labute approximate surface area is 181 Å². The van der Waals surface area contributed by atoms with Crippen LogP contribution in [0.2, 0.25) is 0 Å². The van der Waals surface area contributed by atoms with Gasteiger partial charge in [0.05, 0.1) is 23.0 Å². The highest BCUT2D eigenvalue weighted by Crippen LogP contribution is 2.36. The van der Waals surface area contributed by atoms with E-state index < -0.39 is 35.9 Å². The van der Waals surface area contributed by atoms with E-state index in [-0.39, 0.29) is 17.5 Å². The lowest BCUT2D eigenvalue weighted by Gasteiger charge is -2.14. The summed E-state index contributed by atoms with van der Waals surface area (Å²) in [4.78, 5) is 20.6. The first kappa shape index (κ1) is 22.2. The largest absolute Gasteiger partial charge is 0.416 e. The van der Waals surface area contributed by atoms with Crippen molar-refractivity contribution in [3.63, 3.8) is 0 Å². The van der Waals surface area contributed by atoms with Crippen LogP contribution in [0.5, 0.6) is 0 Å². The second-order valence-electron chi connectivity index (χ2n) is 6.97. The van der Waals surface area contributed by atoms with Crippen molar-refractivity contribution >= 4 is 16.7 Å². The third kappa shape index (κ3) is 4.64. The number of pyridine rings is 1. The van der Waals surface area contributed by atoms with Gasteiger partial charge in [-0.25, -0.2) is 9.67 Å². The van der Waals surface area contributed by atoms with Crippen molar-refractivity contribution in [1.82, 2.24) is 25.1 Å². The maximum absolute atomic E-state index is 13.0. The van der Waals surface area contributed by atoms with Crippen LogP contribution < -0.4 is 5.32 Å². The normalized spacial score (nSPS) is 12.2. The molecule has 0 fully saturated rings. The Morgan fingerprint density at radius 3 is 2.27 bits per heavy atom. The van der Waals surface area contributed by atoms with Crippen molar-refractivity contribution in [3.8, 4) is 5.69 Å². The fraction of sp³-hybridized carbons (Fsp3) is 0.143. The van der Waals surface area contributed by atoms with Gasteiger partial charge in [-0.15, -0.1) is 0 Å². The molecule has 4 rings (SSSR count). The number of nitrogens with one attached hydrogen (secondary N) is 1. The molecule has 0 atom stereocenters. The summed E-state index contributed by atoms with van der Waals surface area (Å²) in [6, 6.07) is 8.27. The van der Waals surface area contributed by atoms with E-state index in [1.807, 2.05) is 0 Å². The number of nitrogens with zero attached hydrogens (tertiary/aromatic N) is 4. The van der Waals surface area contributed by atoms with E-state index in [2.05, 4.69) is 20.4 Å². The second kappa shape index (κ2) is 8.19. The summed E-state index contributed by atoms with van der Waals surface area (Å²) in [7, 11) is 0. The highest BCUT2D eigenvalue weighted by atomic mass is 19.4. The summed E-state index contributed by atoms with van der Waals surface area (Å²) in [6.07, 6.45) is -5.80. The number of carbonyl (C=O) groups excluding carboxylic acids is 1. The molecule has 0 radical (unpaired) electrons. The van der Waals surface area contributed by atoms with Crippen LogP contribution in [-0.2, 0) is 18.9 Å². The molecule has 0 aliphatic heterocycles. The topological polar surface area (TPSA) is 72.7 Å². The van der Waals surface area contributed by atoms with E-state index in [4.69, 9.17) is 0 Å². The quantitative estimate of drug-likeness (QED) is 0.441. The van der Waals surface area contributed by atoms with Crippen molar-refractivity contribution in [2.24, 2.45) is 0 Å². The number of fused-ring (bicyclic) bond motifs is 1. The molecule has 0 saturated heterocycles. The highest BCUT2D eigenvalue weighted by molar-refractivity contribution is 5.94. The second-order valence-corrected chi connectivity index (χ2v) is 6.97. The lowest BCUT2D eigenvalue weighted by Crippen LogP contribution is -2.27. The Morgan fingerprint density at radius 2 is 1.61 bits per heavy atom. The van der Waals surface area contributed by atoms with E-state index in [1.165, 1.54) is 10.9 Å². The van der Waals surface area contributed by atoms with E-state index in [0.29, 0.717) is 23.2 Å². The van der Waals surface area contributed by atoms with Crippen LogP contribution in [0.25, 0.3) is 16.5 Å². The predicted octanol–water partition coefficient (Wildman–Crippen LogP) is 4.78. The zero-order chi connectivity index (χ0) is 23.8. The van der Waals surface area contributed by atoms with Crippen molar-refractivity contribution < 1.29 is 31.1 Å². The predicted molar refractivity (Wildman–Crippen MR) is 104 cm³/mol. The van der Waals surface area contributed by atoms with Gasteiger partial charge in [0.15, 0.2) is 0 Å². The van der Waals surface area contributed by atoms with Gasteiger partial charge < -0.3 is 5.32 Å². The number of rotatable bonds is 4. The van der Waals surface area contributed by atoms with E-state index in [1.54, 1.807) is 30.5 Å². The molecule has 33 heavy (non-hydrogen) atoms. The first-order valence-electron chi connectivity index (χ1n) is 9.34. The Balaban J connectivity index is 1.62. The molecule has 0 spiro atoms. The van der Waals surface area contributed by atoms with Crippen LogP contribution in [0, 0.1) is 0 Å². The molecule has 1 N–H and O–H groups in total. The summed E-state index contributed by atoms with van der Waals surface area (Å²) in [5, 5.41) is 7.78. The Bertz CT molecular complexity index is 1290. The fourth-order valence-corrected chi connectivity index (χ4v) is 3.22. The Hall–Kier alpha value is -3.96. The monoisotopic (exact) mass is 465 g/mol. The molecule has 12 heteroatoms. The number of halogens is 6. The third-order valence-corrected chi connectivity index (χ3v) is 4.73. The molecule has 2 aromatic heterocycles. The lowest BCUT2D eigenvalue weighted by molar-refractivity contribution is -0.143. The molecule has 0 saturated carbocycles. The minimum atomic E-state index is -4.98. The fourth-order valence-electron chi connectivity index (χ4n) is 3.22. The van der Waals surface area contributed by atoms with Crippen LogP contribution in [0.15, 0.2) is 61.2 Å². The van der Waals surface area contributed by atoms with Crippen LogP contribution in [0.1, 0.15) is 27.3 Å².